The zero-order valence-electron chi connectivity index (χ0n) is 26.7. The van der Waals surface area contributed by atoms with Crippen LogP contribution in [0.25, 0.3) is 66.4 Å². The summed E-state index contributed by atoms with van der Waals surface area (Å²) >= 11 is 0. The van der Waals surface area contributed by atoms with Crippen LogP contribution in [0.2, 0.25) is 0 Å². The summed E-state index contributed by atoms with van der Waals surface area (Å²) in [6, 6.07) is 45.6. The third-order valence-electron chi connectivity index (χ3n) is 10.9. The smallest absolute Gasteiger partial charge is 0.138 e. The minimum Gasteiger partial charge on any atom is -0.307 e. The zero-order chi connectivity index (χ0) is 32.1. The molecule has 0 bridgehead atoms. The Balaban J connectivity index is 1.24. The fourth-order valence-electron chi connectivity index (χ4n) is 8.64. The first kappa shape index (κ1) is 27.4. The van der Waals surface area contributed by atoms with Gasteiger partial charge in [-0.15, -0.1) is 0 Å². The van der Waals surface area contributed by atoms with Crippen molar-refractivity contribution in [2.45, 2.75) is 25.2 Å². The van der Waals surface area contributed by atoms with Crippen molar-refractivity contribution in [3.05, 3.63) is 163 Å². The van der Waals surface area contributed by atoms with Gasteiger partial charge in [-0.1, -0.05) is 105 Å². The number of benzene rings is 5. The van der Waals surface area contributed by atoms with E-state index >= 15 is 0 Å². The molecule has 0 aliphatic heterocycles. The second-order valence-corrected chi connectivity index (χ2v) is 13.8. The quantitative estimate of drug-likeness (QED) is 0.192. The Morgan fingerprint density at radius 2 is 1.31 bits per heavy atom. The average Bonchev–Trinajstić information content (AvgIpc) is 3.72. The van der Waals surface area contributed by atoms with Crippen molar-refractivity contribution in [3.63, 3.8) is 0 Å². The van der Waals surface area contributed by atoms with Crippen LogP contribution in [0.5, 0.6) is 0 Å². The number of halogens is 1. The van der Waals surface area contributed by atoms with Crippen molar-refractivity contribution in [2.24, 2.45) is 5.92 Å². The van der Waals surface area contributed by atoms with Crippen LogP contribution in [0.1, 0.15) is 30.9 Å². The van der Waals surface area contributed by atoms with Gasteiger partial charge in [0.25, 0.3) is 0 Å². The normalized spacial score (nSPS) is 18.1. The molecular weight excluding hydrogens is 590 g/mol. The van der Waals surface area contributed by atoms with E-state index in [4.69, 9.17) is 4.98 Å². The number of fused-ring (bicyclic) bond motifs is 10. The van der Waals surface area contributed by atoms with Crippen molar-refractivity contribution in [3.8, 4) is 22.8 Å². The van der Waals surface area contributed by atoms with Gasteiger partial charge in [-0.2, -0.15) is 0 Å². The molecule has 0 saturated heterocycles. The van der Waals surface area contributed by atoms with Crippen LogP contribution in [0, 0.1) is 5.92 Å². The van der Waals surface area contributed by atoms with E-state index in [9.17, 15) is 4.39 Å². The Bertz CT molecular complexity index is 2670. The molecule has 10 rings (SSSR count). The summed E-state index contributed by atoms with van der Waals surface area (Å²) in [6.07, 6.45) is 5.45. The van der Waals surface area contributed by atoms with E-state index < -0.39 is 0 Å². The minimum atomic E-state index is -0.195. The number of nitrogens with zero attached hydrogens (tertiary/aromatic N) is 3. The Morgan fingerprint density at radius 1 is 0.646 bits per heavy atom. The van der Waals surface area contributed by atoms with Gasteiger partial charge in [0.2, 0.25) is 0 Å². The Hall–Kier alpha value is -5.74. The first-order chi connectivity index (χ1) is 23.5. The maximum atomic E-state index is 14.4. The molecule has 8 aromatic rings. The Labute approximate surface area is 277 Å². The highest BCUT2D eigenvalue weighted by Crippen LogP contribution is 2.54. The first-order valence-corrected chi connectivity index (χ1v) is 16.7. The van der Waals surface area contributed by atoms with E-state index in [1.54, 1.807) is 12.2 Å². The summed E-state index contributed by atoms with van der Waals surface area (Å²) in [5, 5.41) is 4.83. The predicted molar refractivity (Wildman–Crippen MR) is 196 cm³/mol. The number of hydrogen-bond donors (Lipinski definition) is 0. The van der Waals surface area contributed by atoms with Crippen molar-refractivity contribution in [1.29, 1.82) is 0 Å². The van der Waals surface area contributed by atoms with Crippen LogP contribution < -0.4 is 0 Å². The second-order valence-electron chi connectivity index (χ2n) is 13.8. The number of allylic oxidation sites excluding steroid dienone is 4. The molecule has 0 saturated carbocycles. The van der Waals surface area contributed by atoms with Gasteiger partial charge < -0.3 is 4.57 Å². The van der Waals surface area contributed by atoms with Gasteiger partial charge in [-0.25, -0.2) is 9.37 Å². The largest absolute Gasteiger partial charge is 0.307 e. The lowest BCUT2D eigenvalue weighted by atomic mass is 9.74. The van der Waals surface area contributed by atoms with Gasteiger partial charge in [0, 0.05) is 38.7 Å². The summed E-state index contributed by atoms with van der Waals surface area (Å²) < 4.78 is 19.1. The fraction of sp³-hybridized carbons (Fsp3) is 0.114. The molecule has 230 valence electrons. The summed E-state index contributed by atoms with van der Waals surface area (Å²) in [5.41, 5.74) is 10.1. The van der Waals surface area contributed by atoms with E-state index in [1.807, 2.05) is 6.08 Å². The first-order valence-electron chi connectivity index (χ1n) is 16.7. The van der Waals surface area contributed by atoms with Crippen molar-refractivity contribution in [2.75, 3.05) is 0 Å². The standard InChI is InChI=1S/C44H32FN3/c1-44(2)36-25-27(19-21-30(36)31-22-20-28(45)26-37(31)44)38-15-10-18-41(46-38)48-40-17-9-7-14-33(40)35-24-23-34-32-13-6-8-16-39(32)47(42(34)43(35)48)29-11-4-3-5-12-29/h3-26,31,37H,1-2H3. The molecule has 2 aliphatic rings. The van der Waals surface area contributed by atoms with E-state index in [1.165, 1.54) is 43.7 Å². The third kappa shape index (κ3) is 3.71. The summed E-state index contributed by atoms with van der Waals surface area (Å²) in [5.74, 6) is 1.03. The molecule has 3 heterocycles. The molecule has 5 aromatic carbocycles. The monoisotopic (exact) mass is 621 g/mol. The predicted octanol–water partition coefficient (Wildman–Crippen LogP) is 11.4. The van der Waals surface area contributed by atoms with Crippen LogP contribution in [-0.2, 0) is 5.41 Å². The number of pyridine rings is 1. The van der Waals surface area contributed by atoms with Gasteiger partial charge in [-0.05, 0) is 77.1 Å². The van der Waals surface area contributed by atoms with Crippen molar-refractivity contribution < 1.29 is 4.39 Å². The number of rotatable bonds is 3. The van der Waals surface area contributed by atoms with Crippen molar-refractivity contribution in [1.82, 2.24) is 14.1 Å². The highest BCUT2D eigenvalue weighted by atomic mass is 19.1. The van der Waals surface area contributed by atoms with Crippen LogP contribution in [0.3, 0.4) is 0 Å². The summed E-state index contributed by atoms with van der Waals surface area (Å²) in [4.78, 5) is 5.39. The summed E-state index contributed by atoms with van der Waals surface area (Å²) in [6.45, 7) is 4.48. The van der Waals surface area contributed by atoms with Crippen molar-refractivity contribution >= 4 is 43.6 Å². The lowest BCUT2D eigenvalue weighted by molar-refractivity contribution is 0.385. The Morgan fingerprint density at radius 3 is 2.06 bits per heavy atom. The molecule has 2 atom stereocenters. The zero-order valence-corrected chi connectivity index (χ0v) is 26.7. The maximum Gasteiger partial charge on any atom is 0.138 e. The number of hydrogen-bond acceptors (Lipinski definition) is 1. The molecule has 0 fully saturated rings. The second kappa shape index (κ2) is 9.88. The molecular formula is C44H32FN3. The van der Waals surface area contributed by atoms with Gasteiger partial charge >= 0.3 is 0 Å². The number of aromatic nitrogens is 3. The molecule has 0 N–H and O–H groups in total. The lowest BCUT2D eigenvalue weighted by Crippen LogP contribution is -2.25. The van der Waals surface area contributed by atoms with Crippen LogP contribution in [-0.4, -0.2) is 14.1 Å². The molecule has 0 spiro atoms. The van der Waals surface area contributed by atoms with Crippen LogP contribution in [0.15, 0.2) is 151 Å². The lowest BCUT2D eigenvalue weighted by Gasteiger charge is -2.29. The highest BCUT2D eigenvalue weighted by Gasteiger charge is 2.45. The maximum absolute atomic E-state index is 14.4. The number of para-hydroxylation sites is 3. The van der Waals surface area contributed by atoms with Gasteiger partial charge in [-0.3, -0.25) is 4.57 Å². The molecule has 4 heteroatoms. The van der Waals surface area contributed by atoms with Crippen LogP contribution >= 0.6 is 0 Å². The molecule has 0 radical (unpaired) electrons. The topological polar surface area (TPSA) is 22.8 Å². The van der Waals surface area contributed by atoms with E-state index in [2.05, 4.69) is 150 Å². The Kier molecular flexibility index (Phi) is 5.64. The SMILES string of the molecule is CC1(C)c2cc(-c3cccc(-n4c5ccccc5c5ccc6c7ccccc7n(-c7ccccc7)c6c54)n3)ccc2C2C=CC(F)=CC21. The molecule has 0 amide bonds. The molecule has 2 unspecified atom stereocenters. The fourth-order valence-corrected chi connectivity index (χ4v) is 8.64. The molecule has 3 aromatic heterocycles. The highest BCUT2D eigenvalue weighted by molar-refractivity contribution is 6.23. The third-order valence-corrected chi connectivity index (χ3v) is 10.9. The van der Waals surface area contributed by atoms with E-state index in [0.717, 1.165) is 33.8 Å². The molecule has 48 heavy (non-hydrogen) atoms. The minimum absolute atomic E-state index is 0.100. The van der Waals surface area contributed by atoms with Gasteiger partial charge in [0.1, 0.15) is 11.6 Å². The van der Waals surface area contributed by atoms with E-state index in [-0.39, 0.29) is 23.1 Å². The summed E-state index contributed by atoms with van der Waals surface area (Å²) in [7, 11) is 0. The van der Waals surface area contributed by atoms with Crippen LogP contribution in [0.4, 0.5) is 4.39 Å². The average molecular weight is 622 g/mol. The van der Waals surface area contributed by atoms with Gasteiger partial charge in [0.05, 0.1) is 27.8 Å². The molecule has 3 nitrogen and oxygen atoms in total. The van der Waals surface area contributed by atoms with Gasteiger partial charge in [0.15, 0.2) is 0 Å². The van der Waals surface area contributed by atoms with E-state index in [0.29, 0.717) is 0 Å². The molecule has 2 aliphatic carbocycles.